The van der Waals surface area contributed by atoms with Crippen molar-refractivity contribution in [1.29, 1.82) is 0 Å². The van der Waals surface area contributed by atoms with Crippen LogP contribution >= 0.6 is 22.9 Å². The lowest BCUT2D eigenvalue weighted by atomic mass is 10.1. The van der Waals surface area contributed by atoms with Crippen molar-refractivity contribution in [3.8, 4) is 0 Å². The van der Waals surface area contributed by atoms with E-state index in [0.717, 1.165) is 17.4 Å². The van der Waals surface area contributed by atoms with Crippen LogP contribution in [0.15, 0.2) is 36.7 Å². The molecule has 0 fully saturated rings. The molecule has 3 nitrogen and oxygen atoms in total. The second-order valence-electron chi connectivity index (χ2n) is 4.31. The van der Waals surface area contributed by atoms with Crippen LogP contribution in [-0.2, 0) is 6.54 Å². The number of hydrogen-bond donors (Lipinski definition) is 1. The lowest BCUT2D eigenvalue weighted by Gasteiger charge is -2.29. The predicted octanol–water partition coefficient (Wildman–Crippen LogP) is 3.32. The highest BCUT2D eigenvalue weighted by molar-refractivity contribution is 7.16. The maximum absolute atomic E-state index is 6.02. The molecule has 2 aromatic rings. The molecule has 0 amide bonds. The Morgan fingerprint density at radius 2 is 2.05 bits per heavy atom. The van der Waals surface area contributed by atoms with E-state index in [1.54, 1.807) is 11.3 Å². The fraction of sp³-hybridized carbons (Fsp3) is 0.357. The van der Waals surface area contributed by atoms with Gasteiger partial charge in [-0.15, -0.1) is 11.3 Å². The van der Waals surface area contributed by atoms with Crippen molar-refractivity contribution in [2.45, 2.75) is 19.5 Å². The van der Waals surface area contributed by atoms with Crippen molar-refractivity contribution >= 4 is 22.9 Å². The molecule has 2 aromatic heterocycles. The Balaban J connectivity index is 2.15. The minimum Gasteiger partial charge on any atom is -0.329 e. The third-order valence-electron chi connectivity index (χ3n) is 3.13. The van der Waals surface area contributed by atoms with Crippen molar-refractivity contribution in [3.63, 3.8) is 0 Å². The van der Waals surface area contributed by atoms with Crippen LogP contribution in [0.1, 0.15) is 23.4 Å². The first-order valence-corrected chi connectivity index (χ1v) is 7.52. The molecule has 2 N–H and O–H groups in total. The largest absolute Gasteiger partial charge is 0.329 e. The molecular formula is C14H18ClN3S. The summed E-state index contributed by atoms with van der Waals surface area (Å²) in [6.45, 7) is 4.56. The highest BCUT2D eigenvalue weighted by Crippen LogP contribution is 2.30. The van der Waals surface area contributed by atoms with Gasteiger partial charge in [0.1, 0.15) is 0 Å². The van der Waals surface area contributed by atoms with E-state index in [1.165, 1.54) is 10.4 Å². The monoisotopic (exact) mass is 295 g/mol. The summed E-state index contributed by atoms with van der Waals surface area (Å²) in [6.07, 6.45) is 3.64. The van der Waals surface area contributed by atoms with Crippen molar-refractivity contribution in [2.75, 3.05) is 13.1 Å². The average molecular weight is 296 g/mol. The van der Waals surface area contributed by atoms with Gasteiger partial charge in [-0.25, -0.2) is 0 Å². The molecule has 2 heterocycles. The van der Waals surface area contributed by atoms with Crippen molar-refractivity contribution in [1.82, 2.24) is 9.88 Å². The summed E-state index contributed by atoms with van der Waals surface area (Å²) in [5, 5.41) is 0. The van der Waals surface area contributed by atoms with E-state index in [0.29, 0.717) is 6.54 Å². The van der Waals surface area contributed by atoms with E-state index in [-0.39, 0.29) is 6.04 Å². The van der Waals surface area contributed by atoms with E-state index >= 15 is 0 Å². The number of pyridine rings is 1. The number of hydrogen-bond acceptors (Lipinski definition) is 4. The molecule has 0 radical (unpaired) electrons. The Bertz CT molecular complexity index is 500. The molecule has 0 aliphatic heterocycles. The van der Waals surface area contributed by atoms with Gasteiger partial charge in [-0.3, -0.25) is 9.88 Å². The van der Waals surface area contributed by atoms with Crippen LogP contribution in [0.5, 0.6) is 0 Å². The first-order chi connectivity index (χ1) is 9.24. The van der Waals surface area contributed by atoms with Gasteiger partial charge in [0.2, 0.25) is 0 Å². The van der Waals surface area contributed by atoms with Crippen LogP contribution < -0.4 is 5.73 Å². The SMILES string of the molecule is CCN(Cc1ccncc1)C(CN)c1ccc(Cl)s1. The zero-order valence-electron chi connectivity index (χ0n) is 10.9. The molecular weight excluding hydrogens is 278 g/mol. The number of nitrogens with zero attached hydrogens (tertiary/aromatic N) is 2. The Morgan fingerprint density at radius 3 is 2.58 bits per heavy atom. The van der Waals surface area contributed by atoms with E-state index in [2.05, 4.69) is 22.9 Å². The second kappa shape index (κ2) is 7.01. The van der Waals surface area contributed by atoms with Gasteiger partial charge in [-0.1, -0.05) is 18.5 Å². The molecule has 0 saturated carbocycles. The normalized spacial score (nSPS) is 12.8. The van der Waals surface area contributed by atoms with Crippen LogP contribution in [0, 0.1) is 0 Å². The fourth-order valence-electron chi connectivity index (χ4n) is 2.12. The number of rotatable bonds is 6. The Kier molecular flexibility index (Phi) is 5.34. The number of thiophene rings is 1. The topological polar surface area (TPSA) is 42.2 Å². The van der Waals surface area contributed by atoms with Gasteiger partial charge in [-0.05, 0) is 36.4 Å². The molecule has 0 spiro atoms. The van der Waals surface area contributed by atoms with Gasteiger partial charge in [0.15, 0.2) is 0 Å². The molecule has 0 saturated heterocycles. The Labute approximate surface area is 123 Å². The van der Waals surface area contributed by atoms with Gasteiger partial charge in [0.05, 0.1) is 10.4 Å². The molecule has 5 heteroatoms. The second-order valence-corrected chi connectivity index (χ2v) is 6.06. The summed E-state index contributed by atoms with van der Waals surface area (Å²) in [5.74, 6) is 0. The third-order valence-corrected chi connectivity index (χ3v) is 4.46. The highest BCUT2D eigenvalue weighted by Gasteiger charge is 2.19. The van der Waals surface area contributed by atoms with Gasteiger partial charge in [0, 0.05) is 30.4 Å². The lowest BCUT2D eigenvalue weighted by molar-refractivity contribution is 0.206. The summed E-state index contributed by atoms with van der Waals surface area (Å²) in [5.41, 5.74) is 7.20. The molecule has 0 bridgehead atoms. The average Bonchev–Trinajstić information content (AvgIpc) is 2.86. The van der Waals surface area contributed by atoms with E-state index in [1.807, 2.05) is 30.6 Å². The molecule has 0 aromatic carbocycles. The fourth-order valence-corrected chi connectivity index (χ4v) is 3.33. The van der Waals surface area contributed by atoms with Crippen LogP contribution in [0.2, 0.25) is 4.34 Å². The van der Waals surface area contributed by atoms with Crippen molar-refractivity contribution in [2.24, 2.45) is 5.73 Å². The summed E-state index contributed by atoms with van der Waals surface area (Å²) in [4.78, 5) is 7.63. The summed E-state index contributed by atoms with van der Waals surface area (Å²) >= 11 is 7.63. The number of likely N-dealkylation sites (N-methyl/N-ethyl adjacent to an activating group) is 1. The van der Waals surface area contributed by atoms with Crippen molar-refractivity contribution in [3.05, 3.63) is 51.4 Å². The third kappa shape index (κ3) is 3.76. The van der Waals surface area contributed by atoms with Crippen molar-refractivity contribution < 1.29 is 0 Å². The molecule has 0 aliphatic carbocycles. The van der Waals surface area contributed by atoms with E-state index in [9.17, 15) is 0 Å². The zero-order valence-corrected chi connectivity index (χ0v) is 12.5. The number of halogens is 1. The van der Waals surface area contributed by atoms with Crippen LogP contribution in [0.25, 0.3) is 0 Å². The minimum atomic E-state index is 0.218. The molecule has 0 aliphatic rings. The van der Waals surface area contributed by atoms with Gasteiger partial charge in [0.25, 0.3) is 0 Å². The highest BCUT2D eigenvalue weighted by atomic mass is 35.5. The molecule has 19 heavy (non-hydrogen) atoms. The van der Waals surface area contributed by atoms with Crippen LogP contribution in [0.4, 0.5) is 0 Å². The maximum Gasteiger partial charge on any atom is 0.0931 e. The van der Waals surface area contributed by atoms with Crippen LogP contribution in [0.3, 0.4) is 0 Å². The zero-order chi connectivity index (χ0) is 13.7. The van der Waals surface area contributed by atoms with Gasteiger partial charge in [-0.2, -0.15) is 0 Å². The predicted molar refractivity (Wildman–Crippen MR) is 81.4 cm³/mol. The quantitative estimate of drug-likeness (QED) is 0.889. The molecule has 1 atom stereocenters. The Hall–Kier alpha value is -0.940. The first kappa shape index (κ1) is 14.5. The molecule has 1 unspecified atom stereocenters. The number of nitrogens with two attached hydrogens (primary N) is 1. The Morgan fingerprint density at radius 1 is 1.32 bits per heavy atom. The summed E-state index contributed by atoms with van der Waals surface area (Å²) < 4.78 is 0.813. The first-order valence-electron chi connectivity index (χ1n) is 6.32. The maximum atomic E-state index is 6.02. The smallest absolute Gasteiger partial charge is 0.0931 e. The molecule has 2 rings (SSSR count). The number of aromatic nitrogens is 1. The minimum absolute atomic E-state index is 0.218. The lowest BCUT2D eigenvalue weighted by Crippen LogP contribution is -2.32. The van der Waals surface area contributed by atoms with Crippen LogP contribution in [-0.4, -0.2) is 23.0 Å². The molecule has 102 valence electrons. The van der Waals surface area contributed by atoms with E-state index < -0.39 is 0 Å². The van der Waals surface area contributed by atoms with Gasteiger partial charge < -0.3 is 5.73 Å². The summed E-state index contributed by atoms with van der Waals surface area (Å²) in [7, 11) is 0. The standard InChI is InChI=1S/C14H18ClN3S/c1-2-18(10-11-5-7-17-8-6-11)12(9-16)13-3-4-14(15)19-13/h3-8,12H,2,9-10,16H2,1H3. The summed E-state index contributed by atoms with van der Waals surface area (Å²) in [6, 6.07) is 8.30. The van der Waals surface area contributed by atoms with Gasteiger partial charge >= 0.3 is 0 Å². The van der Waals surface area contributed by atoms with E-state index in [4.69, 9.17) is 17.3 Å².